The van der Waals surface area contributed by atoms with E-state index in [1.165, 1.54) is 6.92 Å². The minimum Gasteiger partial charge on any atom is -0.311 e. The third-order valence-electron chi connectivity index (χ3n) is 2.51. The highest BCUT2D eigenvalue weighted by Crippen LogP contribution is 2.31. The van der Waals surface area contributed by atoms with E-state index in [2.05, 4.69) is 10.3 Å². The first kappa shape index (κ1) is 10.4. The molecule has 1 aliphatic rings. The molecule has 15 heavy (non-hydrogen) atoms. The Morgan fingerprint density at radius 2 is 2.13 bits per heavy atom. The highest BCUT2D eigenvalue weighted by atomic mass is 19.4. The molecule has 2 heterocycles. The van der Waals surface area contributed by atoms with Crippen LogP contribution in [0.2, 0.25) is 0 Å². The predicted octanol–water partition coefficient (Wildman–Crippen LogP) is 2.05. The molecular formula is C10H11F3N2. The maximum Gasteiger partial charge on any atom is 0.433 e. The summed E-state index contributed by atoms with van der Waals surface area (Å²) < 4.78 is 37.6. The van der Waals surface area contributed by atoms with Gasteiger partial charge in [0.15, 0.2) is 0 Å². The highest BCUT2D eigenvalue weighted by molar-refractivity contribution is 5.32. The molecule has 1 aliphatic heterocycles. The fraction of sp³-hybridized carbons (Fsp3) is 0.500. The van der Waals surface area contributed by atoms with Crippen molar-refractivity contribution in [3.05, 3.63) is 28.6 Å². The second-order valence-corrected chi connectivity index (χ2v) is 3.68. The zero-order chi connectivity index (χ0) is 11.1. The van der Waals surface area contributed by atoms with Gasteiger partial charge in [0.05, 0.1) is 5.69 Å². The van der Waals surface area contributed by atoms with E-state index in [9.17, 15) is 13.2 Å². The van der Waals surface area contributed by atoms with Crippen LogP contribution in [0.4, 0.5) is 13.2 Å². The molecular weight excluding hydrogens is 205 g/mol. The van der Waals surface area contributed by atoms with Gasteiger partial charge in [-0.3, -0.25) is 0 Å². The summed E-state index contributed by atoms with van der Waals surface area (Å²) >= 11 is 0. The lowest BCUT2D eigenvalue weighted by Crippen LogP contribution is -2.26. The fourth-order valence-corrected chi connectivity index (χ4v) is 1.79. The minimum absolute atomic E-state index is 0.211. The molecule has 1 aromatic heterocycles. The van der Waals surface area contributed by atoms with E-state index >= 15 is 0 Å². The van der Waals surface area contributed by atoms with Crippen molar-refractivity contribution in [2.75, 3.05) is 6.54 Å². The van der Waals surface area contributed by atoms with Gasteiger partial charge in [-0.15, -0.1) is 0 Å². The lowest BCUT2D eigenvalue weighted by Gasteiger charge is -2.19. The Balaban J connectivity index is 2.50. The number of nitrogens with one attached hydrogen (secondary N) is 1. The van der Waals surface area contributed by atoms with Crippen LogP contribution in [0.1, 0.15) is 22.5 Å². The molecule has 0 radical (unpaired) electrons. The molecule has 82 valence electrons. The molecule has 0 fully saturated rings. The van der Waals surface area contributed by atoms with Gasteiger partial charge in [0.2, 0.25) is 0 Å². The minimum atomic E-state index is -4.35. The van der Waals surface area contributed by atoms with Crippen LogP contribution in [0.15, 0.2) is 6.07 Å². The van der Waals surface area contributed by atoms with Crippen LogP contribution in [0, 0.1) is 6.92 Å². The van der Waals surface area contributed by atoms with E-state index in [1.807, 2.05) is 0 Å². The summed E-state index contributed by atoms with van der Waals surface area (Å²) in [5, 5.41) is 3.01. The number of fused-ring (bicyclic) bond motifs is 1. The Hall–Kier alpha value is -1.10. The average Bonchev–Trinajstić information content (AvgIpc) is 2.15. The second-order valence-electron chi connectivity index (χ2n) is 3.68. The maximum atomic E-state index is 12.5. The maximum absolute atomic E-state index is 12.5. The summed E-state index contributed by atoms with van der Waals surface area (Å²) in [6.45, 7) is 2.69. The SMILES string of the molecule is Cc1cc2c(nc1C(F)(F)F)CNCC2. The molecule has 1 aromatic rings. The van der Waals surface area contributed by atoms with Gasteiger partial charge in [0.1, 0.15) is 5.69 Å². The van der Waals surface area contributed by atoms with E-state index < -0.39 is 11.9 Å². The normalized spacial score (nSPS) is 16.3. The number of aryl methyl sites for hydroxylation is 1. The summed E-state index contributed by atoms with van der Waals surface area (Å²) in [6.07, 6.45) is -3.60. The summed E-state index contributed by atoms with van der Waals surface area (Å²) in [6, 6.07) is 1.60. The molecule has 5 heteroatoms. The molecule has 2 nitrogen and oxygen atoms in total. The molecule has 0 unspecified atom stereocenters. The molecule has 0 bridgehead atoms. The topological polar surface area (TPSA) is 24.9 Å². The first-order valence-electron chi connectivity index (χ1n) is 4.76. The van der Waals surface area contributed by atoms with E-state index in [0.29, 0.717) is 12.2 Å². The number of pyridine rings is 1. The van der Waals surface area contributed by atoms with E-state index in [1.54, 1.807) is 6.07 Å². The van der Waals surface area contributed by atoms with Crippen LogP contribution < -0.4 is 5.32 Å². The van der Waals surface area contributed by atoms with Crippen molar-refractivity contribution in [1.82, 2.24) is 10.3 Å². The molecule has 0 aliphatic carbocycles. The lowest BCUT2D eigenvalue weighted by atomic mass is 10.0. The van der Waals surface area contributed by atoms with Crippen LogP contribution in [0.25, 0.3) is 0 Å². The smallest absolute Gasteiger partial charge is 0.311 e. The molecule has 0 amide bonds. The predicted molar refractivity (Wildman–Crippen MR) is 49.4 cm³/mol. The third-order valence-corrected chi connectivity index (χ3v) is 2.51. The number of nitrogens with zero attached hydrogens (tertiary/aromatic N) is 1. The molecule has 0 spiro atoms. The van der Waals surface area contributed by atoms with Crippen molar-refractivity contribution < 1.29 is 13.2 Å². The molecule has 2 rings (SSSR count). The standard InChI is InChI=1S/C10H11F3N2/c1-6-4-7-2-3-14-5-8(7)15-9(6)10(11,12)13/h4,14H,2-3,5H2,1H3. The largest absolute Gasteiger partial charge is 0.433 e. The van der Waals surface area contributed by atoms with Gasteiger partial charge in [0.25, 0.3) is 0 Å². The third kappa shape index (κ3) is 1.97. The molecule has 0 saturated heterocycles. The number of alkyl halides is 3. The molecule has 0 saturated carbocycles. The molecule has 0 atom stereocenters. The molecule has 1 N–H and O–H groups in total. The van der Waals surface area contributed by atoms with E-state index in [0.717, 1.165) is 18.5 Å². The number of aromatic nitrogens is 1. The van der Waals surface area contributed by atoms with Crippen molar-refractivity contribution in [2.24, 2.45) is 0 Å². The van der Waals surface area contributed by atoms with Crippen LogP contribution in [0.3, 0.4) is 0 Å². The van der Waals surface area contributed by atoms with Crippen molar-refractivity contribution >= 4 is 0 Å². The van der Waals surface area contributed by atoms with Gasteiger partial charge in [-0.05, 0) is 31.0 Å². The van der Waals surface area contributed by atoms with Gasteiger partial charge in [-0.25, -0.2) is 4.98 Å². The Labute approximate surface area is 85.5 Å². The van der Waals surface area contributed by atoms with Crippen molar-refractivity contribution in [3.8, 4) is 0 Å². The second kappa shape index (κ2) is 3.48. The Morgan fingerprint density at radius 3 is 2.80 bits per heavy atom. The summed E-state index contributed by atoms with van der Waals surface area (Å²) in [4.78, 5) is 3.70. The first-order valence-corrected chi connectivity index (χ1v) is 4.76. The Kier molecular flexibility index (Phi) is 2.42. The number of hydrogen-bond acceptors (Lipinski definition) is 2. The van der Waals surface area contributed by atoms with Crippen LogP contribution in [-0.2, 0) is 19.1 Å². The Morgan fingerprint density at radius 1 is 1.40 bits per heavy atom. The van der Waals surface area contributed by atoms with Gasteiger partial charge >= 0.3 is 6.18 Å². The number of rotatable bonds is 0. The fourth-order valence-electron chi connectivity index (χ4n) is 1.79. The zero-order valence-corrected chi connectivity index (χ0v) is 8.28. The van der Waals surface area contributed by atoms with Gasteiger partial charge in [-0.1, -0.05) is 6.07 Å². The van der Waals surface area contributed by atoms with Crippen molar-refractivity contribution in [3.63, 3.8) is 0 Å². The number of halogens is 3. The van der Waals surface area contributed by atoms with Crippen LogP contribution >= 0.6 is 0 Å². The van der Waals surface area contributed by atoms with Crippen LogP contribution in [-0.4, -0.2) is 11.5 Å². The van der Waals surface area contributed by atoms with E-state index in [4.69, 9.17) is 0 Å². The highest BCUT2D eigenvalue weighted by Gasteiger charge is 2.35. The first-order chi connectivity index (χ1) is 6.98. The summed E-state index contributed by atoms with van der Waals surface area (Å²) in [5.41, 5.74) is 0.909. The average molecular weight is 216 g/mol. The number of hydrogen-bond donors (Lipinski definition) is 1. The zero-order valence-electron chi connectivity index (χ0n) is 8.28. The lowest BCUT2D eigenvalue weighted by molar-refractivity contribution is -0.141. The van der Waals surface area contributed by atoms with Crippen molar-refractivity contribution in [1.29, 1.82) is 0 Å². The van der Waals surface area contributed by atoms with Gasteiger partial charge in [-0.2, -0.15) is 13.2 Å². The monoisotopic (exact) mass is 216 g/mol. The molecule has 0 aromatic carbocycles. The van der Waals surface area contributed by atoms with Gasteiger partial charge in [0, 0.05) is 6.54 Å². The Bertz CT molecular complexity index is 385. The van der Waals surface area contributed by atoms with Crippen LogP contribution in [0.5, 0.6) is 0 Å². The summed E-state index contributed by atoms with van der Waals surface area (Å²) in [5.74, 6) is 0. The quantitative estimate of drug-likeness (QED) is 0.718. The van der Waals surface area contributed by atoms with Crippen molar-refractivity contribution in [2.45, 2.75) is 26.1 Å². The van der Waals surface area contributed by atoms with Gasteiger partial charge < -0.3 is 5.32 Å². The summed E-state index contributed by atoms with van der Waals surface area (Å²) in [7, 11) is 0. The van der Waals surface area contributed by atoms with E-state index in [-0.39, 0.29) is 5.56 Å².